The number of benzene rings is 4. The van der Waals surface area contributed by atoms with Gasteiger partial charge in [-0.2, -0.15) is 10.5 Å². The van der Waals surface area contributed by atoms with Gasteiger partial charge in [-0.1, -0.05) is 174 Å². The van der Waals surface area contributed by atoms with Gasteiger partial charge >= 0.3 is 0 Å². The van der Waals surface area contributed by atoms with Crippen LogP contribution in [0, 0.1) is 29.2 Å². The van der Waals surface area contributed by atoms with Crippen LogP contribution in [0.25, 0.3) is 39.9 Å². The van der Waals surface area contributed by atoms with Crippen molar-refractivity contribution in [1.29, 1.82) is 10.5 Å². The molecule has 0 fully saturated rings. The number of allylic oxidation sites excluding steroid dienone is 2. The third-order valence-electron chi connectivity index (χ3n) is 5.53. The van der Waals surface area contributed by atoms with Crippen LogP contribution in [0.15, 0.2) is 109 Å². The molecule has 0 aromatic heterocycles. The van der Waals surface area contributed by atoms with Gasteiger partial charge in [-0.05, 0) is 69.8 Å². The minimum Gasteiger partial charge on any atom is -0.238 e. The van der Waals surface area contributed by atoms with Crippen molar-refractivity contribution in [3.8, 4) is 12.1 Å². The molecular weight excluding hydrogens is 583 g/mol. The van der Waals surface area contributed by atoms with Crippen molar-refractivity contribution in [2.24, 2.45) is 0 Å². The molecule has 0 aliphatic heterocycles. The lowest BCUT2D eigenvalue weighted by molar-refractivity contribution is 1.50. The Balaban J connectivity index is -0.00000152. The summed E-state index contributed by atoms with van der Waals surface area (Å²) in [6.45, 7) is 31.7. The third kappa shape index (κ3) is 17.3. The van der Waals surface area contributed by atoms with E-state index < -0.39 is 0 Å². The summed E-state index contributed by atoms with van der Waals surface area (Å²) < 4.78 is 0. The van der Waals surface area contributed by atoms with Gasteiger partial charge in [0.1, 0.15) is 0 Å². The molecule has 0 heterocycles. The molecule has 0 saturated carbocycles. The first-order valence-corrected chi connectivity index (χ1v) is 17.3. The average molecular weight is 640 g/mol. The van der Waals surface area contributed by atoms with Crippen LogP contribution in [-0.4, -0.2) is 0 Å². The van der Waals surface area contributed by atoms with Gasteiger partial charge < -0.3 is 0 Å². The molecule has 0 amide bonds. The fraction of sp³-hybridized carbons (Fsp3) is 0.267. The Morgan fingerprint density at radius 1 is 0.458 bits per heavy atom. The van der Waals surface area contributed by atoms with Gasteiger partial charge in [0.25, 0.3) is 0 Å². The quantitative estimate of drug-likeness (QED) is 0.120. The molecule has 0 unspecified atom stereocenters. The van der Waals surface area contributed by atoms with Crippen molar-refractivity contribution in [2.45, 2.75) is 83.1 Å². The van der Waals surface area contributed by atoms with E-state index in [1.165, 1.54) is 0 Å². The van der Waals surface area contributed by atoms with E-state index in [-0.39, 0.29) is 0 Å². The SMILES string of the molecule is CC.CC.CC.CC.CC.CC.[C-]#[N+]/C(=C\c1cc(/C=C(\C#N)c2ccccc2)cc(/C=C(\C#N)c2ccccc2)c1)c1ccccc1. The van der Waals surface area contributed by atoms with Crippen LogP contribution < -0.4 is 0 Å². The predicted molar refractivity (Wildman–Crippen MR) is 215 cm³/mol. The van der Waals surface area contributed by atoms with E-state index in [9.17, 15) is 10.5 Å². The van der Waals surface area contributed by atoms with Crippen LogP contribution in [0.3, 0.4) is 0 Å². The van der Waals surface area contributed by atoms with E-state index in [0.717, 1.165) is 33.4 Å². The highest BCUT2D eigenvalue weighted by Gasteiger charge is 2.07. The molecular formula is C45H57N3. The minimum atomic E-state index is 0.513. The molecule has 48 heavy (non-hydrogen) atoms. The summed E-state index contributed by atoms with van der Waals surface area (Å²) in [6, 6.07) is 38.9. The zero-order valence-electron chi connectivity index (χ0n) is 31.5. The van der Waals surface area contributed by atoms with Crippen molar-refractivity contribution in [3.05, 3.63) is 154 Å². The van der Waals surface area contributed by atoms with Gasteiger partial charge in [-0.15, -0.1) is 0 Å². The van der Waals surface area contributed by atoms with Crippen LogP contribution in [0.5, 0.6) is 0 Å². The lowest BCUT2D eigenvalue weighted by Gasteiger charge is -2.07. The van der Waals surface area contributed by atoms with Crippen LogP contribution in [0.2, 0.25) is 0 Å². The van der Waals surface area contributed by atoms with E-state index in [4.69, 9.17) is 6.57 Å². The molecule has 0 aliphatic rings. The predicted octanol–water partition coefficient (Wildman–Crippen LogP) is 14.4. The summed E-state index contributed by atoms with van der Waals surface area (Å²) in [4.78, 5) is 3.74. The molecule has 0 N–H and O–H groups in total. The number of nitrogens with zero attached hydrogens (tertiary/aromatic N) is 3. The van der Waals surface area contributed by atoms with E-state index in [2.05, 4.69) is 17.0 Å². The first kappa shape index (κ1) is 47.0. The molecule has 0 spiro atoms. The second-order valence-corrected chi connectivity index (χ2v) is 8.01. The van der Waals surface area contributed by atoms with Crippen molar-refractivity contribution in [3.63, 3.8) is 0 Å². The van der Waals surface area contributed by atoms with E-state index in [1.807, 2.05) is 211 Å². The van der Waals surface area contributed by atoms with E-state index >= 15 is 0 Å². The maximum absolute atomic E-state index is 9.82. The van der Waals surface area contributed by atoms with Gasteiger partial charge in [0.15, 0.2) is 5.70 Å². The molecule has 0 saturated heterocycles. The summed E-state index contributed by atoms with van der Waals surface area (Å²) in [5.41, 5.74) is 6.47. The summed E-state index contributed by atoms with van der Waals surface area (Å²) in [5, 5.41) is 19.6. The minimum absolute atomic E-state index is 0.513. The highest BCUT2D eigenvalue weighted by Crippen LogP contribution is 2.26. The van der Waals surface area contributed by atoms with Crippen molar-refractivity contribution < 1.29 is 0 Å². The standard InChI is InChI=1S/C33H21N3.6C2H6/c1-36-33(30-15-9-4-10-16-30)22-27-18-25(20-31(23-34)28-11-5-2-6-12-28)17-26(19-27)21-32(24-35)29-13-7-3-8-14-29;6*1-2/h2-22H;6*1-2H3/b31-20+,32-21+,33-22-;;;;;;. The molecule has 0 bridgehead atoms. The number of nitriles is 2. The van der Waals surface area contributed by atoms with Crippen molar-refractivity contribution in [2.75, 3.05) is 0 Å². The Bertz CT molecular complexity index is 1370. The monoisotopic (exact) mass is 639 g/mol. The van der Waals surface area contributed by atoms with Gasteiger partial charge in [-0.3, -0.25) is 0 Å². The van der Waals surface area contributed by atoms with E-state index in [1.54, 1.807) is 0 Å². The van der Waals surface area contributed by atoms with E-state index in [0.29, 0.717) is 16.8 Å². The summed E-state index contributed by atoms with van der Waals surface area (Å²) in [6.07, 6.45) is 5.50. The second kappa shape index (κ2) is 32.9. The van der Waals surface area contributed by atoms with Gasteiger partial charge in [-0.25, -0.2) is 4.85 Å². The fourth-order valence-electron chi connectivity index (χ4n) is 3.83. The largest absolute Gasteiger partial charge is 0.238 e. The van der Waals surface area contributed by atoms with Crippen molar-refractivity contribution in [1.82, 2.24) is 0 Å². The summed E-state index contributed by atoms with van der Waals surface area (Å²) in [7, 11) is 0. The Labute approximate surface area is 294 Å². The lowest BCUT2D eigenvalue weighted by Crippen LogP contribution is -1.87. The molecule has 4 rings (SSSR count). The normalized spacial score (nSPS) is 9.56. The number of rotatable bonds is 6. The molecule has 0 radical (unpaired) electrons. The maximum Gasteiger partial charge on any atom is 0.194 e. The topological polar surface area (TPSA) is 51.9 Å². The van der Waals surface area contributed by atoms with Gasteiger partial charge in [0, 0.05) is 0 Å². The Morgan fingerprint density at radius 2 is 0.729 bits per heavy atom. The molecule has 0 aliphatic carbocycles. The van der Waals surface area contributed by atoms with Crippen LogP contribution >= 0.6 is 0 Å². The molecule has 0 atom stereocenters. The molecule has 3 nitrogen and oxygen atoms in total. The first-order valence-electron chi connectivity index (χ1n) is 17.3. The van der Waals surface area contributed by atoms with Gasteiger partial charge in [0.2, 0.25) is 0 Å². The highest BCUT2D eigenvalue weighted by atomic mass is 14.7. The Kier molecular flexibility index (Phi) is 32.2. The first-order chi connectivity index (χ1) is 23.7. The Hall–Kier alpha value is -5.43. The molecule has 4 aromatic carbocycles. The van der Waals surface area contributed by atoms with Crippen molar-refractivity contribution >= 4 is 35.1 Å². The average Bonchev–Trinajstić information content (AvgIpc) is 3.20. The zero-order valence-corrected chi connectivity index (χ0v) is 31.5. The fourth-order valence-corrected chi connectivity index (χ4v) is 3.83. The summed E-state index contributed by atoms with van der Waals surface area (Å²) in [5.74, 6) is 0. The summed E-state index contributed by atoms with van der Waals surface area (Å²) >= 11 is 0. The second-order valence-electron chi connectivity index (χ2n) is 8.01. The van der Waals surface area contributed by atoms with Gasteiger partial charge in [0.05, 0.1) is 29.9 Å². The molecule has 3 heteroatoms. The van der Waals surface area contributed by atoms with Crippen LogP contribution in [0.4, 0.5) is 0 Å². The smallest absolute Gasteiger partial charge is 0.194 e. The third-order valence-corrected chi connectivity index (χ3v) is 5.53. The highest BCUT2D eigenvalue weighted by molar-refractivity contribution is 5.93. The Morgan fingerprint density at radius 3 is 1.00 bits per heavy atom. The number of hydrogen-bond acceptors (Lipinski definition) is 2. The van der Waals surface area contributed by atoms with Crippen LogP contribution in [-0.2, 0) is 0 Å². The molecule has 252 valence electrons. The zero-order chi connectivity index (χ0) is 37.2. The molecule has 4 aromatic rings. The lowest BCUT2D eigenvalue weighted by atomic mass is 9.97. The number of hydrogen-bond donors (Lipinski definition) is 0. The van der Waals surface area contributed by atoms with Crippen LogP contribution in [0.1, 0.15) is 116 Å². The maximum atomic E-state index is 9.82.